The van der Waals surface area contributed by atoms with E-state index in [0.717, 1.165) is 18.4 Å². The topological polar surface area (TPSA) is 60.4 Å². The molecule has 1 heterocycles. The van der Waals surface area contributed by atoms with E-state index in [0.29, 0.717) is 18.8 Å². The lowest BCUT2D eigenvalue weighted by atomic mass is 9.82. The van der Waals surface area contributed by atoms with E-state index in [1.165, 1.54) is 24.8 Å². The van der Waals surface area contributed by atoms with Gasteiger partial charge < -0.3 is 4.74 Å². The Morgan fingerprint density at radius 2 is 1.69 bits per heavy atom. The average molecular weight is 399 g/mol. The fourth-order valence-corrected chi connectivity index (χ4v) is 4.59. The molecule has 1 aliphatic heterocycles. The van der Waals surface area contributed by atoms with E-state index in [1.54, 1.807) is 6.92 Å². The van der Waals surface area contributed by atoms with Gasteiger partial charge in [-0.2, -0.15) is 0 Å². The van der Waals surface area contributed by atoms with Crippen molar-refractivity contribution in [2.75, 3.05) is 0 Å². The number of benzene rings is 1. The Labute approximate surface area is 174 Å². The summed E-state index contributed by atoms with van der Waals surface area (Å²) in [7, 11) is 0. The van der Waals surface area contributed by atoms with Crippen molar-refractivity contribution in [3.05, 3.63) is 35.4 Å². The van der Waals surface area contributed by atoms with Gasteiger partial charge >= 0.3 is 5.97 Å². The van der Waals surface area contributed by atoms with Crippen LogP contribution in [0.15, 0.2) is 24.3 Å². The molecule has 3 rings (SSSR count). The molecule has 0 amide bonds. The van der Waals surface area contributed by atoms with Crippen LogP contribution in [0.5, 0.6) is 0 Å². The lowest BCUT2D eigenvalue weighted by Crippen LogP contribution is -2.33. The number of rotatable bonds is 6. The monoisotopic (exact) mass is 398 g/mol. The van der Waals surface area contributed by atoms with E-state index >= 15 is 0 Å². The lowest BCUT2D eigenvalue weighted by Gasteiger charge is -2.23. The van der Waals surface area contributed by atoms with E-state index < -0.39 is 23.9 Å². The number of carbonyl (C=O) groups excluding carboxylic acids is 3. The van der Waals surface area contributed by atoms with E-state index in [9.17, 15) is 14.4 Å². The minimum absolute atomic E-state index is 0.0767. The van der Waals surface area contributed by atoms with Crippen LogP contribution in [-0.4, -0.2) is 23.6 Å². The van der Waals surface area contributed by atoms with Crippen molar-refractivity contribution in [2.45, 2.75) is 84.2 Å². The number of hydrogen-bond acceptors (Lipinski definition) is 4. The highest BCUT2D eigenvalue weighted by Crippen LogP contribution is 2.32. The van der Waals surface area contributed by atoms with Crippen molar-refractivity contribution in [1.82, 2.24) is 0 Å². The second kappa shape index (κ2) is 8.81. The van der Waals surface area contributed by atoms with Crippen LogP contribution in [0.3, 0.4) is 0 Å². The molecule has 0 bridgehead atoms. The zero-order valence-electron chi connectivity index (χ0n) is 18.2. The summed E-state index contributed by atoms with van der Waals surface area (Å²) in [6, 6.07) is 8.24. The SMILES string of the molecule is C[C@H](Cc1ccc(C(C)(C)C)cc1)C(=O)C1C(=O)O[C@H](CC2CCCCC2)C1=O. The van der Waals surface area contributed by atoms with Gasteiger partial charge in [0, 0.05) is 5.92 Å². The summed E-state index contributed by atoms with van der Waals surface area (Å²) in [5, 5.41) is 0. The molecule has 1 unspecified atom stereocenters. The zero-order chi connectivity index (χ0) is 21.2. The van der Waals surface area contributed by atoms with Gasteiger partial charge in [-0.3, -0.25) is 14.4 Å². The normalized spacial score (nSPS) is 24.4. The molecule has 3 atom stereocenters. The molecular formula is C25H34O4. The van der Waals surface area contributed by atoms with Gasteiger partial charge in [0.2, 0.25) is 0 Å². The lowest BCUT2D eigenvalue weighted by molar-refractivity contribution is -0.148. The third kappa shape index (κ3) is 5.15. The largest absolute Gasteiger partial charge is 0.453 e. The quantitative estimate of drug-likeness (QED) is 0.509. The van der Waals surface area contributed by atoms with Crippen molar-refractivity contribution in [1.29, 1.82) is 0 Å². The van der Waals surface area contributed by atoms with Crippen molar-refractivity contribution in [3.8, 4) is 0 Å². The molecule has 158 valence electrons. The van der Waals surface area contributed by atoms with Crippen LogP contribution in [0.1, 0.15) is 77.3 Å². The molecule has 1 saturated carbocycles. The Balaban J connectivity index is 1.61. The maximum Gasteiger partial charge on any atom is 0.325 e. The molecule has 1 aromatic rings. The van der Waals surface area contributed by atoms with E-state index in [4.69, 9.17) is 4.74 Å². The summed E-state index contributed by atoms with van der Waals surface area (Å²) in [6.07, 6.45) is 6.13. The smallest absolute Gasteiger partial charge is 0.325 e. The van der Waals surface area contributed by atoms with Crippen LogP contribution < -0.4 is 0 Å². The average Bonchev–Trinajstić information content (AvgIpc) is 2.95. The highest BCUT2D eigenvalue weighted by Gasteiger charge is 2.49. The summed E-state index contributed by atoms with van der Waals surface area (Å²) >= 11 is 0. The van der Waals surface area contributed by atoms with Gasteiger partial charge in [-0.15, -0.1) is 0 Å². The molecule has 2 fully saturated rings. The van der Waals surface area contributed by atoms with Gasteiger partial charge in [0.15, 0.2) is 23.6 Å². The van der Waals surface area contributed by atoms with Crippen molar-refractivity contribution in [2.24, 2.45) is 17.8 Å². The number of esters is 1. The number of ether oxygens (including phenoxy) is 1. The predicted octanol–water partition coefficient (Wildman–Crippen LogP) is 4.81. The fraction of sp³-hybridized carbons (Fsp3) is 0.640. The molecule has 0 aromatic heterocycles. The van der Waals surface area contributed by atoms with Gasteiger partial charge in [-0.1, -0.05) is 84.1 Å². The molecule has 0 spiro atoms. The Morgan fingerprint density at radius 1 is 1.07 bits per heavy atom. The summed E-state index contributed by atoms with van der Waals surface area (Å²) in [6.45, 7) is 8.29. The van der Waals surface area contributed by atoms with E-state index in [2.05, 4.69) is 32.9 Å². The highest BCUT2D eigenvalue weighted by atomic mass is 16.6. The zero-order valence-corrected chi connectivity index (χ0v) is 18.2. The molecule has 4 heteroatoms. The standard InChI is InChI=1S/C25H34O4/c1-16(14-18-10-12-19(13-11-18)25(2,3)4)22(26)21-23(27)20(29-24(21)28)15-17-8-6-5-7-9-17/h10-13,16-17,20-21H,5-9,14-15H2,1-4H3/t16-,20-,21?/m1/s1. The molecule has 1 aliphatic carbocycles. The second-order valence-corrected chi connectivity index (χ2v) is 9.96. The van der Waals surface area contributed by atoms with Crippen molar-refractivity contribution < 1.29 is 19.1 Å². The Morgan fingerprint density at radius 3 is 2.28 bits per heavy atom. The molecule has 4 nitrogen and oxygen atoms in total. The first-order valence-electron chi connectivity index (χ1n) is 11.0. The summed E-state index contributed by atoms with van der Waals surface area (Å²) < 4.78 is 5.35. The Kier molecular flexibility index (Phi) is 6.60. The molecular weight excluding hydrogens is 364 g/mol. The van der Waals surface area contributed by atoms with Gasteiger partial charge in [0.1, 0.15) is 0 Å². The van der Waals surface area contributed by atoms with Gasteiger partial charge in [-0.25, -0.2) is 0 Å². The Bertz CT molecular complexity index is 750. The number of hydrogen-bond donors (Lipinski definition) is 0. The molecule has 1 aromatic carbocycles. The second-order valence-electron chi connectivity index (χ2n) is 9.96. The van der Waals surface area contributed by atoms with Crippen LogP contribution in [0.25, 0.3) is 0 Å². The first-order valence-corrected chi connectivity index (χ1v) is 11.0. The maximum atomic E-state index is 12.9. The highest BCUT2D eigenvalue weighted by molar-refractivity contribution is 6.22. The van der Waals surface area contributed by atoms with E-state index in [-0.39, 0.29) is 17.0 Å². The predicted molar refractivity (Wildman–Crippen MR) is 113 cm³/mol. The van der Waals surface area contributed by atoms with E-state index in [1.807, 2.05) is 12.1 Å². The molecule has 2 aliphatic rings. The number of cyclic esters (lactones) is 1. The van der Waals surface area contributed by atoms with Gasteiger partial charge in [0.05, 0.1) is 0 Å². The third-order valence-corrected chi connectivity index (χ3v) is 6.50. The first-order chi connectivity index (χ1) is 13.7. The summed E-state index contributed by atoms with van der Waals surface area (Å²) in [4.78, 5) is 38.0. The summed E-state index contributed by atoms with van der Waals surface area (Å²) in [5.41, 5.74) is 2.35. The number of ketones is 2. The molecule has 0 radical (unpaired) electrons. The molecule has 0 N–H and O–H groups in total. The third-order valence-electron chi connectivity index (χ3n) is 6.50. The number of carbonyl (C=O) groups is 3. The van der Waals surface area contributed by atoms with Crippen molar-refractivity contribution >= 4 is 17.5 Å². The fourth-order valence-electron chi connectivity index (χ4n) is 4.59. The van der Waals surface area contributed by atoms with Crippen LogP contribution in [0.2, 0.25) is 0 Å². The maximum absolute atomic E-state index is 12.9. The minimum Gasteiger partial charge on any atom is -0.453 e. The number of Topliss-reactive ketones (excluding diaryl/α,β-unsaturated/α-hetero) is 2. The van der Waals surface area contributed by atoms with Crippen LogP contribution in [-0.2, 0) is 31.0 Å². The van der Waals surface area contributed by atoms with Crippen LogP contribution in [0.4, 0.5) is 0 Å². The van der Waals surface area contributed by atoms with Gasteiger partial charge in [-0.05, 0) is 35.3 Å². The molecule has 29 heavy (non-hydrogen) atoms. The van der Waals surface area contributed by atoms with Crippen LogP contribution in [0, 0.1) is 17.8 Å². The Hall–Kier alpha value is -1.97. The first kappa shape index (κ1) is 21.7. The summed E-state index contributed by atoms with van der Waals surface area (Å²) in [5.74, 6) is -2.46. The van der Waals surface area contributed by atoms with Crippen molar-refractivity contribution in [3.63, 3.8) is 0 Å². The van der Waals surface area contributed by atoms with Crippen LogP contribution >= 0.6 is 0 Å². The van der Waals surface area contributed by atoms with Gasteiger partial charge in [0.25, 0.3) is 0 Å². The minimum atomic E-state index is -1.23. The molecule has 1 saturated heterocycles.